The first-order chi connectivity index (χ1) is 12.6. The molecular formula is C21H29NO4. The maximum absolute atomic E-state index is 13.3. The molecule has 26 heavy (non-hydrogen) atoms. The van der Waals surface area contributed by atoms with Crippen LogP contribution in [0.1, 0.15) is 32.1 Å². The van der Waals surface area contributed by atoms with Gasteiger partial charge in [-0.1, -0.05) is 0 Å². The monoisotopic (exact) mass is 359 g/mol. The van der Waals surface area contributed by atoms with Crippen LogP contribution < -0.4 is 0 Å². The van der Waals surface area contributed by atoms with E-state index in [0.717, 1.165) is 32.1 Å². The number of hydrogen-bond donors (Lipinski definition) is 0. The highest BCUT2D eigenvalue weighted by atomic mass is 16.5. The number of fused-ring (bicyclic) bond motifs is 2. The maximum atomic E-state index is 13.3. The van der Waals surface area contributed by atoms with E-state index in [0.29, 0.717) is 35.5 Å². The van der Waals surface area contributed by atoms with Crippen molar-refractivity contribution in [2.24, 2.45) is 45.9 Å². The predicted molar refractivity (Wildman–Crippen MR) is 95.1 cm³/mol. The van der Waals surface area contributed by atoms with E-state index in [1.165, 1.54) is 0 Å². The minimum Gasteiger partial charge on any atom is -0.381 e. The summed E-state index contributed by atoms with van der Waals surface area (Å²) in [6.45, 7) is 0. The molecule has 1 spiro atoms. The average molecular weight is 359 g/mol. The average Bonchev–Trinajstić information content (AvgIpc) is 3.00. The quantitative estimate of drug-likeness (QED) is 0.775. The Hall–Kier alpha value is -0.780. The van der Waals surface area contributed by atoms with Gasteiger partial charge in [-0.15, -0.1) is 0 Å². The summed E-state index contributed by atoms with van der Waals surface area (Å²) in [5.41, 5.74) is -0.267. The summed E-state index contributed by atoms with van der Waals surface area (Å²) in [6, 6.07) is 0.300. The summed E-state index contributed by atoms with van der Waals surface area (Å²) >= 11 is 0. The van der Waals surface area contributed by atoms with Crippen molar-refractivity contribution in [2.75, 3.05) is 21.3 Å². The highest BCUT2D eigenvalue weighted by Gasteiger charge is 2.79. The number of Topliss-reactive ketones (excluding diaryl/α,β-unsaturated/α-hetero) is 1. The maximum Gasteiger partial charge on any atom is 0.142 e. The molecule has 5 aliphatic carbocycles. The first kappa shape index (κ1) is 16.2. The summed E-state index contributed by atoms with van der Waals surface area (Å²) in [4.78, 5) is 18.5. The summed E-state index contributed by atoms with van der Waals surface area (Å²) in [7, 11) is 5.49. The number of methoxy groups -OCH3 is 3. The van der Waals surface area contributed by atoms with E-state index >= 15 is 0 Å². The molecule has 0 aromatic carbocycles. The predicted octanol–water partition coefficient (Wildman–Crippen LogP) is 2.13. The molecular weight excluding hydrogens is 330 g/mol. The fourth-order valence-electron chi connectivity index (χ4n) is 8.97. The molecule has 0 aromatic heterocycles. The molecule has 7 bridgehead atoms. The Morgan fingerprint density at radius 3 is 2.69 bits per heavy atom. The minimum absolute atomic E-state index is 0.0172. The molecule has 0 aromatic rings. The third-order valence-electron chi connectivity index (χ3n) is 9.64. The number of nitrogens with zero attached hydrogens (tertiary/aromatic N) is 1. The van der Waals surface area contributed by atoms with E-state index in [1.807, 2.05) is 14.2 Å². The zero-order chi connectivity index (χ0) is 17.8. The molecule has 0 unspecified atom stereocenters. The molecule has 0 amide bonds. The summed E-state index contributed by atoms with van der Waals surface area (Å²) in [5, 5.41) is 0. The third-order valence-corrected chi connectivity index (χ3v) is 9.64. The van der Waals surface area contributed by atoms with Crippen LogP contribution in [0.2, 0.25) is 0 Å². The van der Waals surface area contributed by atoms with E-state index in [-0.39, 0.29) is 35.1 Å². The van der Waals surface area contributed by atoms with Gasteiger partial charge in [0.05, 0.1) is 18.2 Å². The van der Waals surface area contributed by atoms with E-state index in [4.69, 9.17) is 19.2 Å². The second-order valence-electron chi connectivity index (χ2n) is 9.65. The molecule has 11 atom stereocenters. The highest BCUT2D eigenvalue weighted by Crippen LogP contribution is 2.75. The van der Waals surface area contributed by atoms with Crippen molar-refractivity contribution in [3.05, 3.63) is 0 Å². The van der Waals surface area contributed by atoms with Crippen LogP contribution in [0.4, 0.5) is 0 Å². The van der Waals surface area contributed by atoms with Gasteiger partial charge in [0.15, 0.2) is 0 Å². The van der Waals surface area contributed by atoms with Crippen molar-refractivity contribution >= 4 is 12.0 Å². The number of ketones is 1. The molecule has 1 heterocycles. The second-order valence-corrected chi connectivity index (χ2v) is 9.65. The van der Waals surface area contributed by atoms with Gasteiger partial charge in [-0.3, -0.25) is 9.79 Å². The molecule has 0 radical (unpaired) electrons. The first-order valence-electron chi connectivity index (χ1n) is 10.3. The Morgan fingerprint density at radius 2 is 1.96 bits per heavy atom. The van der Waals surface area contributed by atoms with Crippen molar-refractivity contribution in [1.29, 1.82) is 0 Å². The van der Waals surface area contributed by atoms with Crippen molar-refractivity contribution < 1.29 is 19.0 Å². The standard InChI is InChI=1S/C21H29NO4/c1-24-14-7-10-11-8-15-20(26-3)5-4-16(25-2)21(15,19(11)22-9-20)13-6-12(14)18(23)17(10)13/h9-17,19H,4-8H2,1-3H3/t10-,11-,12-,13-,14+,15-,16+,17-,19-,20-,21-/m1/s1. The van der Waals surface area contributed by atoms with Crippen molar-refractivity contribution in [2.45, 2.75) is 56.0 Å². The van der Waals surface area contributed by atoms with Crippen LogP contribution in [0.15, 0.2) is 4.99 Å². The zero-order valence-electron chi connectivity index (χ0n) is 15.9. The van der Waals surface area contributed by atoms with Gasteiger partial charge < -0.3 is 14.2 Å². The van der Waals surface area contributed by atoms with Crippen LogP contribution in [0.3, 0.4) is 0 Å². The minimum atomic E-state index is -0.249. The van der Waals surface area contributed by atoms with E-state index in [2.05, 4.69) is 6.21 Å². The Labute approximate surface area is 154 Å². The molecule has 6 aliphatic rings. The van der Waals surface area contributed by atoms with Crippen molar-refractivity contribution in [1.82, 2.24) is 0 Å². The van der Waals surface area contributed by atoms with Crippen molar-refractivity contribution in [3.8, 4) is 0 Å². The number of ether oxygens (including phenoxy) is 3. The first-order valence-corrected chi connectivity index (χ1v) is 10.3. The summed E-state index contributed by atoms with van der Waals surface area (Å²) in [6.07, 6.45) is 7.56. The Morgan fingerprint density at radius 1 is 1.12 bits per heavy atom. The summed E-state index contributed by atoms with van der Waals surface area (Å²) in [5.74, 6) is 2.50. The number of rotatable bonds is 3. The van der Waals surface area contributed by atoms with Gasteiger partial charge in [-0.05, 0) is 49.9 Å². The van der Waals surface area contributed by atoms with Gasteiger partial charge >= 0.3 is 0 Å². The molecule has 6 rings (SSSR count). The Kier molecular flexibility index (Phi) is 3.10. The molecule has 5 saturated carbocycles. The lowest BCUT2D eigenvalue weighted by Gasteiger charge is -2.62. The molecule has 5 fully saturated rings. The SMILES string of the molecule is CO[C@H]1C[C@@H]2[C@H]3C[C@H]4[C@@]5([C@@H](OC)CC[C@@]4(OC)C=N[C@H]35)[C@@H]3C[C@H]1C(=O)[C@H]23. The van der Waals surface area contributed by atoms with Gasteiger partial charge in [0, 0.05) is 50.7 Å². The number of aliphatic imine (C=N–C) groups is 1. The lowest BCUT2D eigenvalue weighted by Crippen LogP contribution is -2.68. The topological polar surface area (TPSA) is 57.1 Å². The van der Waals surface area contributed by atoms with Gasteiger partial charge in [0.2, 0.25) is 0 Å². The van der Waals surface area contributed by atoms with Gasteiger partial charge in [0.25, 0.3) is 0 Å². The van der Waals surface area contributed by atoms with Gasteiger partial charge in [-0.2, -0.15) is 0 Å². The number of hydrogen-bond acceptors (Lipinski definition) is 5. The second kappa shape index (κ2) is 4.98. The molecule has 142 valence electrons. The zero-order valence-corrected chi connectivity index (χ0v) is 15.9. The van der Waals surface area contributed by atoms with Gasteiger partial charge in [-0.25, -0.2) is 0 Å². The fraction of sp³-hybridized carbons (Fsp3) is 0.905. The molecule has 0 saturated heterocycles. The third kappa shape index (κ3) is 1.47. The van der Waals surface area contributed by atoms with Crippen LogP contribution in [0.25, 0.3) is 0 Å². The lowest BCUT2D eigenvalue weighted by molar-refractivity contribution is -0.192. The van der Waals surface area contributed by atoms with Crippen LogP contribution in [0.5, 0.6) is 0 Å². The molecule has 1 aliphatic heterocycles. The van der Waals surface area contributed by atoms with Crippen LogP contribution in [0, 0.1) is 40.9 Å². The smallest absolute Gasteiger partial charge is 0.142 e. The van der Waals surface area contributed by atoms with Crippen molar-refractivity contribution in [3.63, 3.8) is 0 Å². The van der Waals surface area contributed by atoms with Crippen LogP contribution >= 0.6 is 0 Å². The number of carbonyl (C=O) groups excluding carboxylic acids is 1. The van der Waals surface area contributed by atoms with Crippen LogP contribution in [-0.2, 0) is 19.0 Å². The Balaban J connectivity index is 1.56. The largest absolute Gasteiger partial charge is 0.381 e. The number of carbonyl (C=O) groups is 1. The summed E-state index contributed by atoms with van der Waals surface area (Å²) < 4.78 is 18.1. The fourth-order valence-corrected chi connectivity index (χ4v) is 8.97. The normalized spacial score (nSPS) is 61.2. The molecule has 5 nitrogen and oxygen atoms in total. The lowest BCUT2D eigenvalue weighted by atomic mass is 9.47. The van der Waals surface area contributed by atoms with Crippen LogP contribution in [-0.4, -0.2) is 57.2 Å². The van der Waals surface area contributed by atoms with E-state index in [1.54, 1.807) is 7.11 Å². The molecule has 5 heteroatoms. The van der Waals surface area contributed by atoms with E-state index < -0.39 is 0 Å². The van der Waals surface area contributed by atoms with E-state index in [9.17, 15) is 4.79 Å². The Bertz CT molecular complexity index is 693. The van der Waals surface area contributed by atoms with Gasteiger partial charge in [0.1, 0.15) is 11.4 Å². The highest BCUT2D eigenvalue weighted by molar-refractivity contribution is 5.88. The molecule has 0 N–H and O–H groups in total.